The number of anilines is 1. The molecular formula is C22H24N4O3S. The highest BCUT2D eigenvalue weighted by Gasteiger charge is 2.21. The molecule has 3 rings (SSSR count). The van der Waals surface area contributed by atoms with Gasteiger partial charge in [-0.1, -0.05) is 48.0 Å². The SMILES string of the molecule is Cc1ccc(S(=O)(=O)NC[C@H](NC(=O)Nc2cccnc2)c2ccccc2)c(C)c1. The van der Waals surface area contributed by atoms with Crippen molar-refractivity contribution in [2.45, 2.75) is 24.8 Å². The molecule has 0 aliphatic carbocycles. The van der Waals surface area contributed by atoms with Crippen LogP contribution in [0.25, 0.3) is 0 Å². The number of carbonyl (C=O) groups is 1. The third-order valence-electron chi connectivity index (χ3n) is 4.52. The highest BCUT2D eigenvalue weighted by molar-refractivity contribution is 7.89. The first-order valence-corrected chi connectivity index (χ1v) is 10.9. The molecule has 0 unspecified atom stereocenters. The van der Waals surface area contributed by atoms with Crippen molar-refractivity contribution in [3.05, 3.63) is 89.7 Å². The number of urea groups is 1. The van der Waals surface area contributed by atoms with Gasteiger partial charge in [-0.3, -0.25) is 4.98 Å². The van der Waals surface area contributed by atoms with Crippen LogP contribution in [0.2, 0.25) is 0 Å². The average molecular weight is 425 g/mol. The normalized spacial score (nSPS) is 12.2. The molecule has 1 heterocycles. The molecule has 2 amide bonds. The molecule has 0 radical (unpaired) electrons. The molecule has 7 nitrogen and oxygen atoms in total. The van der Waals surface area contributed by atoms with Crippen molar-refractivity contribution in [3.8, 4) is 0 Å². The van der Waals surface area contributed by atoms with Crippen molar-refractivity contribution in [3.63, 3.8) is 0 Å². The standard InChI is InChI=1S/C22H24N4O3S/c1-16-10-11-21(17(2)13-16)30(28,29)24-15-20(18-7-4-3-5-8-18)26-22(27)25-19-9-6-12-23-14-19/h3-14,20,24H,15H2,1-2H3,(H2,25,26,27)/t20-/m0/s1. The number of pyridine rings is 1. The van der Waals surface area contributed by atoms with Gasteiger partial charge in [-0.25, -0.2) is 17.9 Å². The molecule has 30 heavy (non-hydrogen) atoms. The largest absolute Gasteiger partial charge is 0.330 e. The minimum Gasteiger partial charge on any atom is -0.330 e. The highest BCUT2D eigenvalue weighted by atomic mass is 32.2. The van der Waals surface area contributed by atoms with Gasteiger partial charge in [0.15, 0.2) is 0 Å². The minimum atomic E-state index is -3.74. The van der Waals surface area contributed by atoms with Gasteiger partial charge in [-0.2, -0.15) is 0 Å². The number of nitrogens with one attached hydrogen (secondary N) is 3. The van der Waals surface area contributed by atoms with Gasteiger partial charge in [0.05, 0.1) is 22.8 Å². The van der Waals surface area contributed by atoms with Gasteiger partial charge in [-0.05, 0) is 43.2 Å². The van der Waals surface area contributed by atoms with Crippen LogP contribution in [0.4, 0.5) is 10.5 Å². The lowest BCUT2D eigenvalue weighted by molar-refractivity contribution is 0.248. The van der Waals surface area contributed by atoms with E-state index in [-0.39, 0.29) is 11.4 Å². The van der Waals surface area contributed by atoms with Crippen LogP contribution in [0.3, 0.4) is 0 Å². The molecule has 1 aromatic heterocycles. The third-order valence-corrected chi connectivity index (χ3v) is 6.11. The zero-order valence-corrected chi connectivity index (χ0v) is 17.6. The summed E-state index contributed by atoms with van der Waals surface area (Å²) in [5, 5.41) is 5.52. The summed E-state index contributed by atoms with van der Waals surface area (Å²) in [6.07, 6.45) is 3.14. The Labute approximate surface area is 176 Å². The number of aryl methyl sites for hydroxylation is 2. The Hall–Kier alpha value is -3.23. The number of aromatic nitrogens is 1. The van der Waals surface area contributed by atoms with Crippen LogP contribution >= 0.6 is 0 Å². The third kappa shape index (κ3) is 5.65. The Bertz CT molecular complexity index is 1100. The molecule has 0 bridgehead atoms. The van der Waals surface area contributed by atoms with Crippen LogP contribution in [0.5, 0.6) is 0 Å². The fourth-order valence-electron chi connectivity index (χ4n) is 3.07. The lowest BCUT2D eigenvalue weighted by Gasteiger charge is -2.20. The average Bonchev–Trinajstić information content (AvgIpc) is 2.72. The second kappa shape index (κ2) is 9.51. The summed E-state index contributed by atoms with van der Waals surface area (Å²) in [6, 6.07) is 16.8. The van der Waals surface area contributed by atoms with Crippen molar-refractivity contribution in [2.24, 2.45) is 0 Å². The monoisotopic (exact) mass is 424 g/mol. The van der Waals surface area contributed by atoms with E-state index in [2.05, 4.69) is 20.3 Å². The summed E-state index contributed by atoms with van der Waals surface area (Å²) in [5.74, 6) is 0. The van der Waals surface area contributed by atoms with Crippen LogP contribution in [0.15, 0.2) is 78.0 Å². The molecule has 0 spiro atoms. The number of hydrogen-bond acceptors (Lipinski definition) is 4. The van der Waals surface area contributed by atoms with Crippen LogP contribution in [-0.2, 0) is 10.0 Å². The maximum atomic E-state index is 12.8. The lowest BCUT2D eigenvalue weighted by atomic mass is 10.1. The minimum absolute atomic E-state index is 0.000122. The molecule has 1 atom stereocenters. The summed E-state index contributed by atoms with van der Waals surface area (Å²) >= 11 is 0. The topological polar surface area (TPSA) is 100 Å². The van der Waals surface area contributed by atoms with Crippen molar-refractivity contribution in [1.82, 2.24) is 15.0 Å². The van der Waals surface area contributed by atoms with Gasteiger partial charge in [0.25, 0.3) is 0 Å². The van der Waals surface area contributed by atoms with Gasteiger partial charge >= 0.3 is 6.03 Å². The predicted octanol–water partition coefficient (Wildman–Crippen LogP) is 3.54. The summed E-state index contributed by atoms with van der Waals surface area (Å²) < 4.78 is 28.3. The summed E-state index contributed by atoms with van der Waals surface area (Å²) in [4.78, 5) is 16.6. The van der Waals surface area contributed by atoms with E-state index >= 15 is 0 Å². The second-order valence-electron chi connectivity index (χ2n) is 6.92. The van der Waals surface area contributed by atoms with E-state index in [1.165, 1.54) is 6.20 Å². The first kappa shape index (κ1) is 21.5. The number of sulfonamides is 1. The Morgan fingerprint density at radius 2 is 1.80 bits per heavy atom. The molecule has 3 aromatic rings. The number of nitrogens with zero attached hydrogens (tertiary/aromatic N) is 1. The molecule has 0 aliphatic heterocycles. The first-order valence-electron chi connectivity index (χ1n) is 9.44. The fourth-order valence-corrected chi connectivity index (χ4v) is 4.34. The van der Waals surface area contributed by atoms with E-state index < -0.39 is 22.1 Å². The second-order valence-corrected chi connectivity index (χ2v) is 8.66. The molecule has 8 heteroatoms. The zero-order valence-electron chi connectivity index (χ0n) is 16.8. The first-order chi connectivity index (χ1) is 14.3. The van der Waals surface area contributed by atoms with E-state index in [0.29, 0.717) is 11.3 Å². The molecule has 0 saturated carbocycles. The Morgan fingerprint density at radius 1 is 1.03 bits per heavy atom. The highest BCUT2D eigenvalue weighted by Crippen LogP contribution is 2.18. The Morgan fingerprint density at radius 3 is 2.47 bits per heavy atom. The van der Waals surface area contributed by atoms with E-state index in [0.717, 1.165) is 11.1 Å². The van der Waals surface area contributed by atoms with Crippen molar-refractivity contribution < 1.29 is 13.2 Å². The maximum Gasteiger partial charge on any atom is 0.319 e. The molecule has 2 aromatic carbocycles. The van der Waals surface area contributed by atoms with Gasteiger partial charge in [0.2, 0.25) is 10.0 Å². The van der Waals surface area contributed by atoms with Crippen LogP contribution in [-0.4, -0.2) is 26.0 Å². The van der Waals surface area contributed by atoms with E-state index in [4.69, 9.17) is 0 Å². The van der Waals surface area contributed by atoms with Gasteiger partial charge in [0, 0.05) is 12.7 Å². The van der Waals surface area contributed by atoms with Crippen molar-refractivity contribution in [2.75, 3.05) is 11.9 Å². The molecule has 0 saturated heterocycles. The number of hydrogen-bond donors (Lipinski definition) is 3. The summed E-state index contributed by atoms with van der Waals surface area (Å²) in [6.45, 7) is 3.67. The smallest absolute Gasteiger partial charge is 0.319 e. The Balaban J connectivity index is 1.75. The lowest BCUT2D eigenvalue weighted by Crippen LogP contribution is -2.39. The van der Waals surface area contributed by atoms with Gasteiger partial charge in [0.1, 0.15) is 0 Å². The maximum absolute atomic E-state index is 12.8. The van der Waals surface area contributed by atoms with Gasteiger partial charge < -0.3 is 10.6 Å². The number of benzene rings is 2. The molecule has 0 aliphatic rings. The van der Waals surface area contributed by atoms with Crippen LogP contribution in [0, 0.1) is 13.8 Å². The number of rotatable bonds is 7. The fraction of sp³-hybridized carbons (Fsp3) is 0.182. The van der Waals surface area contributed by atoms with Crippen molar-refractivity contribution >= 4 is 21.7 Å². The number of carbonyl (C=O) groups excluding carboxylic acids is 1. The summed E-state index contributed by atoms with van der Waals surface area (Å²) in [5.41, 5.74) is 2.98. The van der Waals surface area contributed by atoms with Crippen molar-refractivity contribution in [1.29, 1.82) is 0 Å². The summed E-state index contributed by atoms with van der Waals surface area (Å²) in [7, 11) is -3.74. The van der Waals surface area contributed by atoms with Crippen LogP contribution < -0.4 is 15.4 Å². The van der Waals surface area contributed by atoms with Gasteiger partial charge in [-0.15, -0.1) is 0 Å². The van der Waals surface area contributed by atoms with Crippen LogP contribution in [0.1, 0.15) is 22.7 Å². The number of amides is 2. The molecule has 0 fully saturated rings. The van der Waals surface area contributed by atoms with E-state index in [1.807, 2.05) is 43.3 Å². The molecule has 3 N–H and O–H groups in total. The molecular weight excluding hydrogens is 400 g/mol. The molecule has 156 valence electrons. The Kier molecular flexibility index (Phi) is 6.81. The van der Waals surface area contributed by atoms with E-state index in [1.54, 1.807) is 37.4 Å². The van der Waals surface area contributed by atoms with E-state index in [9.17, 15) is 13.2 Å². The zero-order chi connectivity index (χ0) is 21.6. The predicted molar refractivity (Wildman–Crippen MR) is 117 cm³/mol. The quantitative estimate of drug-likeness (QED) is 0.540.